The van der Waals surface area contributed by atoms with Crippen molar-refractivity contribution in [1.29, 1.82) is 0 Å². The minimum atomic E-state index is -0.140. The summed E-state index contributed by atoms with van der Waals surface area (Å²) in [4.78, 5) is 9.91. The third-order valence-corrected chi connectivity index (χ3v) is 4.02. The molecule has 2 rings (SSSR count). The molecule has 0 bridgehead atoms. The van der Waals surface area contributed by atoms with E-state index in [9.17, 15) is 8.78 Å². The fraction of sp³-hybridized carbons (Fsp3) is 0.312. The minimum absolute atomic E-state index is 0.140. The standard InChI is InChI=1S/C14H16FNOS.CH3F.CH4N2O/c1-3-11-12(15)6-7-13(16-2)14(11)18-9-10-5-4-8-17-10;1-2;2-3-1-4/h4-8,16H,3,9H2,1-2H3;1H3;1H,2H2,(H,3,4). The van der Waals surface area contributed by atoms with Crippen LogP contribution in [0.4, 0.5) is 14.5 Å². The van der Waals surface area contributed by atoms with Crippen LogP contribution in [0, 0.1) is 5.82 Å². The van der Waals surface area contributed by atoms with Crippen molar-refractivity contribution in [2.24, 2.45) is 5.84 Å². The minimum Gasteiger partial charge on any atom is -0.468 e. The van der Waals surface area contributed by atoms with Gasteiger partial charge in [0.05, 0.1) is 19.2 Å². The fourth-order valence-electron chi connectivity index (χ4n) is 1.83. The van der Waals surface area contributed by atoms with E-state index in [0.717, 1.165) is 21.9 Å². The van der Waals surface area contributed by atoms with Crippen LogP contribution < -0.4 is 16.6 Å². The van der Waals surface area contributed by atoms with Gasteiger partial charge in [-0.2, -0.15) is 0 Å². The highest BCUT2D eigenvalue weighted by Gasteiger charge is 2.12. The highest BCUT2D eigenvalue weighted by molar-refractivity contribution is 7.98. The van der Waals surface area contributed by atoms with Crippen LogP contribution in [-0.4, -0.2) is 20.6 Å². The summed E-state index contributed by atoms with van der Waals surface area (Å²) >= 11 is 1.60. The molecule has 0 saturated heterocycles. The third-order valence-electron chi connectivity index (χ3n) is 2.83. The van der Waals surface area contributed by atoms with E-state index < -0.39 is 0 Å². The lowest BCUT2D eigenvalue weighted by Crippen LogP contribution is -2.18. The number of carbonyl (C=O) groups excluding carboxylic acids is 1. The first-order valence-corrected chi connectivity index (χ1v) is 8.08. The van der Waals surface area contributed by atoms with Crippen LogP contribution >= 0.6 is 11.8 Å². The largest absolute Gasteiger partial charge is 0.468 e. The molecule has 0 fully saturated rings. The van der Waals surface area contributed by atoms with Gasteiger partial charge in [0.25, 0.3) is 0 Å². The summed E-state index contributed by atoms with van der Waals surface area (Å²) in [5.74, 6) is 5.87. The molecule has 1 amide bonds. The Balaban J connectivity index is 0.000000773. The Hall–Kier alpha value is -2.06. The van der Waals surface area contributed by atoms with Crippen LogP contribution in [0.3, 0.4) is 0 Å². The molecule has 1 aromatic heterocycles. The zero-order valence-electron chi connectivity index (χ0n) is 13.9. The molecule has 0 spiro atoms. The Kier molecular flexibility index (Phi) is 12.2. The van der Waals surface area contributed by atoms with E-state index in [1.54, 1.807) is 29.5 Å². The lowest BCUT2D eigenvalue weighted by molar-refractivity contribution is -0.109. The number of hydrazine groups is 1. The Morgan fingerprint density at radius 2 is 2.00 bits per heavy atom. The number of hydrogen-bond acceptors (Lipinski definition) is 5. The van der Waals surface area contributed by atoms with Crippen LogP contribution in [0.25, 0.3) is 0 Å². The van der Waals surface area contributed by atoms with Crippen molar-refractivity contribution in [2.45, 2.75) is 24.0 Å². The number of nitrogens with one attached hydrogen (secondary N) is 2. The van der Waals surface area contributed by atoms with Crippen molar-refractivity contribution in [2.75, 3.05) is 19.5 Å². The maximum Gasteiger partial charge on any atom is 0.221 e. The van der Waals surface area contributed by atoms with Crippen LogP contribution in [0.5, 0.6) is 0 Å². The van der Waals surface area contributed by atoms with E-state index >= 15 is 0 Å². The molecule has 5 nitrogen and oxygen atoms in total. The van der Waals surface area contributed by atoms with E-state index in [1.165, 1.54) is 6.07 Å². The molecule has 0 aliphatic rings. The van der Waals surface area contributed by atoms with Crippen molar-refractivity contribution in [3.63, 3.8) is 0 Å². The number of halogens is 2. The van der Waals surface area contributed by atoms with E-state index in [-0.39, 0.29) is 5.82 Å². The maximum absolute atomic E-state index is 13.8. The number of hydrogen-bond donors (Lipinski definition) is 3. The SMILES string of the molecule is CCc1c(F)ccc(NC)c1SCc1ccco1.CF.NNC=O. The highest BCUT2D eigenvalue weighted by atomic mass is 32.2. The summed E-state index contributed by atoms with van der Waals surface area (Å²) in [7, 11) is 2.35. The molecule has 24 heavy (non-hydrogen) atoms. The number of amides is 1. The molecule has 0 unspecified atom stereocenters. The molecule has 0 aliphatic carbocycles. The van der Waals surface area contributed by atoms with Gasteiger partial charge in [-0.05, 0) is 30.7 Å². The van der Waals surface area contributed by atoms with E-state index in [4.69, 9.17) is 9.21 Å². The lowest BCUT2D eigenvalue weighted by Gasteiger charge is -2.13. The molecule has 0 aliphatic heterocycles. The Labute approximate surface area is 145 Å². The van der Waals surface area contributed by atoms with Gasteiger partial charge < -0.3 is 9.73 Å². The fourth-order valence-corrected chi connectivity index (χ4v) is 3.03. The molecule has 0 atom stereocenters. The number of furan rings is 1. The van der Waals surface area contributed by atoms with Crippen molar-refractivity contribution in [3.05, 3.63) is 47.7 Å². The highest BCUT2D eigenvalue weighted by Crippen LogP contribution is 2.35. The second kappa shape index (κ2) is 13.4. The van der Waals surface area contributed by atoms with Gasteiger partial charge >= 0.3 is 0 Å². The number of anilines is 1. The summed E-state index contributed by atoms with van der Waals surface area (Å²) in [6, 6.07) is 7.08. The number of carbonyl (C=O) groups is 1. The molecule has 1 aromatic carbocycles. The monoisotopic (exact) mass is 359 g/mol. The summed E-state index contributed by atoms with van der Waals surface area (Å²) in [5, 5.41) is 3.11. The molecule has 8 heteroatoms. The summed E-state index contributed by atoms with van der Waals surface area (Å²) < 4.78 is 28.6. The number of rotatable bonds is 6. The van der Waals surface area contributed by atoms with Gasteiger partial charge in [-0.3, -0.25) is 14.6 Å². The quantitative estimate of drug-likeness (QED) is 0.242. The maximum atomic E-state index is 13.8. The second-order valence-corrected chi connectivity index (χ2v) is 5.14. The summed E-state index contributed by atoms with van der Waals surface area (Å²) in [6.45, 7) is 1.97. The summed E-state index contributed by atoms with van der Waals surface area (Å²) in [6.07, 6.45) is 2.74. The van der Waals surface area contributed by atoms with Crippen molar-refractivity contribution >= 4 is 23.9 Å². The first kappa shape index (κ1) is 21.9. The predicted octanol–water partition coefficient (Wildman–Crippen LogP) is 3.51. The van der Waals surface area contributed by atoms with Crippen LogP contribution in [0.15, 0.2) is 39.8 Å². The van der Waals surface area contributed by atoms with Crippen LogP contribution in [-0.2, 0) is 17.0 Å². The third kappa shape index (κ3) is 7.01. The van der Waals surface area contributed by atoms with E-state index in [0.29, 0.717) is 25.8 Å². The van der Waals surface area contributed by atoms with Crippen molar-refractivity contribution in [3.8, 4) is 0 Å². The predicted molar refractivity (Wildman–Crippen MR) is 94.0 cm³/mol. The Morgan fingerprint density at radius 1 is 1.33 bits per heavy atom. The Morgan fingerprint density at radius 3 is 2.46 bits per heavy atom. The molecule has 0 radical (unpaired) electrons. The topological polar surface area (TPSA) is 80.3 Å². The summed E-state index contributed by atoms with van der Waals surface area (Å²) in [5.41, 5.74) is 3.48. The second-order valence-electron chi connectivity index (χ2n) is 4.16. The average molecular weight is 359 g/mol. The van der Waals surface area contributed by atoms with Gasteiger partial charge in [-0.1, -0.05) is 6.92 Å². The van der Waals surface area contributed by atoms with Crippen molar-refractivity contribution in [1.82, 2.24) is 5.43 Å². The van der Waals surface area contributed by atoms with E-state index in [2.05, 4.69) is 11.2 Å². The zero-order chi connectivity index (χ0) is 18.4. The van der Waals surface area contributed by atoms with Gasteiger partial charge in [0.15, 0.2) is 0 Å². The van der Waals surface area contributed by atoms with Crippen molar-refractivity contribution < 1.29 is 18.0 Å². The van der Waals surface area contributed by atoms with Gasteiger partial charge in [0.1, 0.15) is 11.6 Å². The molecular weight excluding hydrogens is 336 g/mol. The lowest BCUT2D eigenvalue weighted by atomic mass is 10.1. The number of benzene rings is 1. The smallest absolute Gasteiger partial charge is 0.221 e. The van der Waals surface area contributed by atoms with E-state index in [1.807, 2.05) is 26.1 Å². The first-order valence-electron chi connectivity index (χ1n) is 7.09. The number of alkyl halides is 1. The van der Waals surface area contributed by atoms with Crippen LogP contribution in [0.2, 0.25) is 0 Å². The molecule has 1 heterocycles. The zero-order valence-corrected chi connectivity index (χ0v) is 14.8. The molecule has 4 N–H and O–H groups in total. The number of nitrogens with two attached hydrogens (primary N) is 1. The molecular formula is C16H23F2N3O2S. The Bertz CT molecular complexity index is 581. The van der Waals surface area contributed by atoms with Gasteiger partial charge in [0, 0.05) is 23.2 Å². The first-order chi connectivity index (χ1) is 11.7. The van der Waals surface area contributed by atoms with Crippen LogP contribution in [0.1, 0.15) is 18.2 Å². The number of thioether (sulfide) groups is 1. The molecule has 0 saturated carbocycles. The molecule has 134 valence electrons. The average Bonchev–Trinajstić information content (AvgIpc) is 3.15. The molecule has 2 aromatic rings. The van der Waals surface area contributed by atoms with Gasteiger partial charge in [-0.25, -0.2) is 10.2 Å². The normalized spacial score (nSPS) is 9.08. The van der Waals surface area contributed by atoms with Gasteiger partial charge in [-0.15, -0.1) is 11.8 Å². The van der Waals surface area contributed by atoms with Gasteiger partial charge in [0.2, 0.25) is 6.41 Å².